The minimum Gasteiger partial charge on any atom is -0.480 e. The Bertz CT molecular complexity index is 2090. The Kier molecular flexibility index (Phi) is 9.22. The Balaban J connectivity index is 1.65. The lowest BCUT2D eigenvalue weighted by Gasteiger charge is -2.24. The number of carbonyl (C=O) groups excluding carboxylic acids is 2. The molecule has 9 N–H and O–H groups in total. The van der Waals surface area contributed by atoms with Crippen LogP contribution in [0.4, 0.5) is 5.82 Å². The SMILES string of the molecule is Cc1cn(C[C@@H](N)C(=O)N[C@H](Cn2c(=O)[nH]c3ccccc3c2=O)C(=O)N[C@H](Cn2ccc(N)nc2=O)C(=O)O)c(=O)[nH]c1=O. The van der Waals surface area contributed by atoms with Gasteiger partial charge in [-0.15, -0.1) is 0 Å². The van der Waals surface area contributed by atoms with Crippen molar-refractivity contribution in [3.8, 4) is 0 Å². The van der Waals surface area contributed by atoms with Crippen molar-refractivity contribution in [2.75, 3.05) is 5.73 Å². The summed E-state index contributed by atoms with van der Waals surface area (Å²) >= 11 is 0. The van der Waals surface area contributed by atoms with Crippen LogP contribution >= 0.6 is 0 Å². The Morgan fingerprint density at radius 2 is 1.60 bits per heavy atom. The number of aromatic amines is 2. The average molecular weight is 625 g/mol. The van der Waals surface area contributed by atoms with Gasteiger partial charge in [0.15, 0.2) is 0 Å². The molecule has 0 spiro atoms. The smallest absolute Gasteiger partial charge is 0.349 e. The molecule has 0 radical (unpaired) electrons. The number of hydrogen-bond acceptors (Lipinski definition) is 11. The molecule has 2 amide bonds. The number of benzene rings is 1. The van der Waals surface area contributed by atoms with Crippen molar-refractivity contribution in [2.24, 2.45) is 5.73 Å². The fraction of sp³-hybridized carbons (Fsp3) is 0.269. The first kappa shape index (κ1) is 31.8. The summed E-state index contributed by atoms with van der Waals surface area (Å²) in [6.45, 7) is -0.389. The Labute approximate surface area is 250 Å². The zero-order valence-corrected chi connectivity index (χ0v) is 23.6. The van der Waals surface area contributed by atoms with Crippen molar-refractivity contribution in [3.63, 3.8) is 0 Å². The predicted molar refractivity (Wildman–Crippen MR) is 157 cm³/mol. The number of fused-ring (bicyclic) bond motifs is 1. The molecular weight excluding hydrogens is 596 g/mol. The van der Waals surface area contributed by atoms with Crippen LogP contribution in [0.2, 0.25) is 0 Å². The van der Waals surface area contributed by atoms with Crippen molar-refractivity contribution in [1.29, 1.82) is 0 Å². The molecule has 3 heterocycles. The number of H-pyrrole nitrogens is 2. The zero-order valence-electron chi connectivity index (χ0n) is 23.6. The van der Waals surface area contributed by atoms with E-state index in [0.29, 0.717) is 4.57 Å². The number of carbonyl (C=O) groups is 3. The van der Waals surface area contributed by atoms with Crippen LogP contribution in [0.3, 0.4) is 0 Å². The molecule has 0 unspecified atom stereocenters. The van der Waals surface area contributed by atoms with Gasteiger partial charge >= 0.3 is 23.0 Å². The van der Waals surface area contributed by atoms with Crippen LogP contribution in [-0.4, -0.2) is 69.7 Å². The molecule has 0 saturated heterocycles. The van der Waals surface area contributed by atoms with Crippen molar-refractivity contribution in [1.82, 2.24) is 39.3 Å². The third-order valence-corrected chi connectivity index (χ3v) is 6.70. The molecule has 236 valence electrons. The molecule has 0 aliphatic heterocycles. The van der Waals surface area contributed by atoms with E-state index in [4.69, 9.17) is 11.5 Å². The number of anilines is 1. The van der Waals surface area contributed by atoms with Gasteiger partial charge < -0.3 is 32.2 Å². The van der Waals surface area contributed by atoms with E-state index in [1.54, 1.807) is 12.1 Å². The van der Waals surface area contributed by atoms with Crippen molar-refractivity contribution < 1.29 is 19.5 Å². The molecule has 0 fully saturated rings. The molecular formula is C26H28N10O9. The maximum absolute atomic E-state index is 13.5. The van der Waals surface area contributed by atoms with Crippen LogP contribution in [0.1, 0.15) is 5.56 Å². The number of nitrogens with two attached hydrogens (primary N) is 2. The molecule has 19 heteroatoms. The predicted octanol–water partition coefficient (Wildman–Crippen LogP) is -4.23. The Hall–Kier alpha value is -6.11. The number of aliphatic carboxylic acids is 1. The number of nitrogens with one attached hydrogen (secondary N) is 4. The highest BCUT2D eigenvalue weighted by Gasteiger charge is 2.30. The molecule has 0 aliphatic carbocycles. The summed E-state index contributed by atoms with van der Waals surface area (Å²) in [7, 11) is 0. The van der Waals surface area contributed by atoms with Gasteiger partial charge in [0.05, 0.1) is 30.5 Å². The average Bonchev–Trinajstić information content (AvgIpc) is 2.97. The summed E-state index contributed by atoms with van der Waals surface area (Å²) < 4.78 is 2.48. The maximum Gasteiger partial charge on any atom is 0.349 e. The van der Waals surface area contributed by atoms with Gasteiger partial charge in [-0.3, -0.25) is 37.9 Å². The molecule has 45 heavy (non-hydrogen) atoms. The highest BCUT2D eigenvalue weighted by Crippen LogP contribution is 2.04. The number of aromatic nitrogens is 6. The van der Waals surface area contributed by atoms with Crippen LogP contribution in [0.25, 0.3) is 10.9 Å². The number of carboxylic acid groups (broad SMARTS) is 1. The van der Waals surface area contributed by atoms with E-state index >= 15 is 0 Å². The second-order valence-electron chi connectivity index (χ2n) is 9.97. The molecule has 0 aliphatic rings. The lowest BCUT2D eigenvalue weighted by Crippen LogP contribution is -2.58. The van der Waals surface area contributed by atoms with Gasteiger partial charge in [-0.1, -0.05) is 12.1 Å². The van der Waals surface area contributed by atoms with Crippen molar-refractivity contribution in [3.05, 3.63) is 100 Å². The van der Waals surface area contributed by atoms with Crippen LogP contribution in [0, 0.1) is 6.92 Å². The summed E-state index contributed by atoms with van der Waals surface area (Å²) in [5.41, 5.74) is 7.69. The summed E-state index contributed by atoms with van der Waals surface area (Å²) in [5, 5.41) is 14.3. The zero-order chi connectivity index (χ0) is 33.0. The Morgan fingerprint density at radius 1 is 0.911 bits per heavy atom. The van der Waals surface area contributed by atoms with E-state index < -0.39 is 83.7 Å². The Morgan fingerprint density at radius 3 is 2.29 bits per heavy atom. The van der Waals surface area contributed by atoms with E-state index in [1.807, 2.05) is 0 Å². The first-order valence-corrected chi connectivity index (χ1v) is 13.2. The number of nitrogens with zero attached hydrogens (tertiary/aromatic N) is 4. The highest BCUT2D eigenvalue weighted by atomic mass is 16.4. The van der Waals surface area contributed by atoms with E-state index in [1.165, 1.54) is 37.5 Å². The first-order chi connectivity index (χ1) is 21.2. The fourth-order valence-corrected chi connectivity index (χ4v) is 4.30. The molecule has 19 nitrogen and oxygen atoms in total. The summed E-state index contributed by atoms with van der Waals surface area (Å²) in [5.74, 6) is -3.86. The standard InChI is InChI=1S/C26H28N10O9/c1-12-8-35(25(44)33-19(12)37)9-14(27)20(38)29-16(11-36-22(40)13-4-2-3-5-15(13)31-26(36)45)21(39)30-17(23(41)42)10-34-7-6-18(28)32-24(34)43/h2-8,14,16-17H,9-11,27H2,1H3,(H,29,38)(H,30,39)(H,31,45)(H,41,42)(H2,28,32,43)(H,33,37,44)/t14-,16-,17-/m1/s1. The fourth-order valence-electron chi connectivity index (χ4n) is 4.30. The van der Waals surface area contributed by atoms with Gasteiger partial charge in [0.1, 0.15) is 23.9 Å². The lowest BCUT2D eigenvalue weighted by atomic mass is 10.2. The molecule has 4 rings (SSSR count). The van der Waals surface area contributed by atoms with E-state index in [9.17, 15) is 43.5 Å². The van der Waals surface area contributed by atoms with Crippen LogP contribution in [-0.2, 0) is 34.0 Å². The monoisotopic (exact) mass is 624 g/mol. The molecule has 0 saturated carbocycles. The molecule has 1 aromatic carbocycles. The number of amides is 2. The maximum atomic E-state index is 13.5. The topological polar surface area (TPSA) is 292 Å². The largest absolute Gasteiger partial charge is 0.480 e. The number of aryl methyl sites for hydroxylation is 1. The molecule has 4 aromatic rings. The summed E-state index contributed by atoms with van der Waals surface area (Å²) in [6, 6.07) is 2.27. The van der Waals surface area contributed by atoms with Gasteiger partial charge in [0, 0.05) is 18.0 Å². The van der Waals surface area contributed by atoms with Crippen LogP contribution < -0.4 is 50.3 Å². The van der Waals surface area contributed by atoms with Gasteiger partial charge in [-0.05, 0) is 25.1 Å². The third kappa shape index (κ3) is 7.28. The van der Waals surface area contributed by atoms with Crippen LogP contribution in [0.15, 0.2) is 66.7 Å². The van der Waals surface area contributed by atoms with Crippen molar-refractivity contribution >= 4 is 34.5 Å². The number of hydrogen-bond donors (Lipinski definition) is 7. The second kappa shape index (κ2) is 13.0. The minimum atomic E-state index is -1.76. The molecule has 3 aromatic heterocycles. The number of para-hydroxylation sites is 1. The summed E-state index contributed by atoms with van der Waals surface area (Å²) in [4.78, 5) is 109. The number of carboxylic acids is 1. The quantitative estimate of drug-likeness (QED) is 0.0835. The van der Waals surface area contributed by atoms with Gasteiger partial charge in [0.25, 0.3) is 11.1 Å². The van der Waals surface area contributed by atoms with Crippen molar-refractivity contribution in [2.45, 2.75) is 44.7 Å². The van der Waals surface area contributed by atoms with Gasteiger partial charge in [-0.25, -0.2) is 19.2 Å². The normalized spacial score (nSPS) is 13.1. The highest BCUT2D eigenvalue weighted by molar-refractivity contribution is 5.91. The van der Waals surface area contributed by atoms with Gasteiger partial charge in [0.2, 0.25) is 11.8 Å². The first-order valence-electron chi connectivity index (χ1n) is 13.2. The number of rotatable bonds is 11. The lowest BCUT2D eigenvalue weighted by molar-refractivity contribution is -0.142. The van der Waals surface area contributed by atoms with Gasteiger partial charge in [-0.2, -0.15) is 4.98 Å². The summed E-state index contributed by atoms with van der Waals surface area (Å²) in [6.07, 6.45) is 2.35. The molecule has 3 atom stereocenters. The molecule has 0 bridgehead atoms. The minimum absolute atomic E-state index is 0.0886. The van der Waals surface area contributed by atoms with E-state index in [2.05, 4.69) is 25.6 Å². The number of nitrogen functional groups attached to an aromatic ring is 1. The second-order valence-corrected chi connectivity index (χ2v) is 9.97. The van der Waals surface area contributed by atoms with Crippen LogP contribution in [0.5, 0.6) is 0 Å². The third-order valence-electron chi connectivity index (χ3n) is 6.70. The van der Waals surface area contributed by atoms with E-state index in [-0.39, 0.29) is 22.3 Å². The van der Waals surface area contributed by atoms with E-state index in [0.717, 1.165) is 9.13 Å².